The van der Waals surface area contributed by atoms with E-state index in [0.717, 1.165) is 20.1 Å². The molecule has 0 saturated carbocycles. The first-order valence-corrected chi connectivity index (χ1v) is 9.20. The number of carbonyl (C=O) groups is 1. The van der Waals surface area contributed by atoms with Crippen molar-refractivity contribution in [2.24, 2.45) is 5.73 Å². The molecule has 2 aromatic heterocycles. The van der Waals surface area contributed by atoms with E-state index in [0.29, 0.717) is 23.0 Å². The zero-order valence-electron chi connectivity index (χ0n) is 12.9. The molecular weight excluding hydrogens is 356 g/mol. The highest BCUT2D eigenvalue weighted by atomic mass is 32.2. The number of carbonyl (C=O) groups excluding carboxylic acids is 1. The Morgan fingerprint density at radius 2 is 1.92 bits per heavy atom. The zero-order chi connectivity index (χ0) is 17.2. The van der Waals surface area contributed by atoms with Gasteiger partial charge in [-0.05, 0) is 36.4 Å². The second-order valence-corrected chi connectivity index (χ2v) is 7.45. The summed E-state index contributed by atoms with van der Waals surface area (Å²) in [6.45, 7) is 0. The first-order chi connectivity index (χ1) is 12.2. The molecule has 2 aromatic carbocycles. The second-order valence-electron chi connectivity index (χ2n) is 5.19. The average molecular weight is 368 g/mol. The van der Waals surface area contributed by atoms with Gasteiger partial charge in [0.1, 0.15) is 0 Å². The average Bonchev–Trinajstić information content (AvgIpc) is 3.26. The van der Waals surface area contributed by atoms with Crippen molar-refractivity contribution in [2.75, 3.05) is 0 Å². The molecular formula is C17H12N4O2S2. The van der Waals surface area contributed by atoms with Crippen molar-refractivity contribution >= 4 is 39.2 Å². The Morgan fingerprint density at radius 1 is 1.12 bits per heavy atom. The summed E-state index contributed by atoms with van der Waals surface area (Å²) in [4.78, 5) is 20.1. The Kier molecular flexibility index (Phi) is 4.21. The molecule has 2 heterocycles. The van der Waals surface area contributed by atoms with Gasteiger partial charge in [-0.2, -0.15) is 4.98 Å². The van der Waals surface area contributed by atoms with Gasteiger partial charge in [0.05, 0.1) is 16.0 Å². The van der Waals surface area contributed by atoms with E-state index in [4.69, 9.17) is 10.3 Å². The van der Waals surface area contributed by atoms with Gasteiger partial charge in [0, 0.05) is 11.1 Å². The van der Waals surface area contributed by atoms with Gasteiger partial charge >= 0.3 is 0 Å². The third-order valence-corrected chi connectivity index (χ3v) is 5.66. The summed E-state index contributed by atoms with van der Waals surface area (Å²) in [5.41, 5.74) is 7.41. The fraction of sp³-hybridized carbons (Fsp3) is 0.0588. The summed E-state index contributed by atoms with van der Waals surface area (Å²) >= 11 is 3.22. The number of hydrogen-bond acceptors (Lipinski definition) is 7. The molecule has 0 aliphatic heterocycles. The van der Waals surface area contributed by atoms with Crippen LogP contribution in [-0.4, -0.2) is 21.0 Å². The molecule has 0 bridgehead atoms. The first kappa shape index (κ1) is 15.8. The van der Waals surface area contributed by atoms with E-state index in [1.807, 2.05) is 18.2 Å². The minimum atomic E-state index is -0.468. The van der Waals surface area contributed by atoms with Gasteiger partial charge < -0.3 is 10.3 Å². The van der Waals surface area contributed by atoms with Gasteiger partial charge in [-0.1, -0.05) is 29.1 Å². The Balaban J connectivity index is 1.46. The maximum Gasteiger partial charge on any atom is 0.257 e. The Labute approximate surface area is 151 Å². The molecule has 0 fully saturated rings. The monoisotopic (exact) mass is 368 g/mol. The van der Waals surface area contributed by atoms with Crippen molar-refractivity contribution < 1.29 is 9.32 Å². The number of aromatic nitrogens is 3. The van der Waals surface area contributed by atoms with E-state index >= 15 is 0 Å². The van der Waals surface area contributed by atoms with Gasteiger partial charge in [-0.15, -0.1) is 11.3 Å². The second kappa shape index (κ2) is 6.66. The minimum Gasteiger partial charge on any atom is -0.366 e. The molecule has 124 valence electrons. The normalized spacial score (nSPS) is 11.0. The standard InChI is InChI=1S/C17H12N4O2S2/c18-15(22)10-5-7-11(8-6-10)16-20-14(21-23-16)9-24-17-19-12-3-1-2-4-13(12)25-17/h1-8H,9H2,(H2,18,22). The van der Waals surface area contributed by atoms with Crippen LogP contribution in [0.25, 0.3) is 21.7 Å². The van der Waals surface area contributed by atoms with Crippen LogP contribution < -0.4 is 5.73 Å². The molecule has 0 spiro atoms. The molecule has 0 atom stereocenters. The van der Waals surface area contributed by atoms with E-state index in [9.17, 15) is 4.79 Å². The summed E-state index contributed by atoms with van der Waals surface area (Å²) < 4.78 is 7.42. The number of amides is 1. The maximum atomic E-state index is 11.1. The van der Waals surface area contributed by atoms with E-state index in [1.54, 1.807) is 47.4 Å². The van der Waals surface area contributed by atoms with Gasteiger partial charge in [-0.25, -0.2) is 4.98 Å². The highest BCUT2D eigenvalue weighted by Gasteiger charge is 2.11. The van der Waals surface area contributed by atoms with Gasteiger partial charge in [0.2, 0.25) is 5.91 Å². The predicted molar refractivity (Wildman–Crippen MR) is 97.4 cm³/mol. The number of thiazole rings is 1. The summed E-state index contributed by atoms with van der Waals surface area (Å²) in [7, 11) is 0. The highest BCUT2D eigenvalue weighted by molar-refractivity contribution is 8.00. The van der Waals surface area contributed by atoms with Crippen LogP contribution in [0.4, 0.5) is 0 Å². The Hall–Kier alpha value is -2.71. The molecule has 0 unspecified atom stereocenters. The van der Waals surface area contributed by atoms with Gasteiger partial charge in [0.15, 0.2) is 10.2 Å². The number of rotatable bonds is 5. The molecule has 0 aliphatic carbocycles. The topological polar surface area (TPSA) is 94.9 Å². The molecule has 0 saturated heterocycles. The van der Waals surface area contributed by atoms with Crippen LogP contribution in [-0.2, 0) is 5.75 Å². The summed E-state index contributed by atoms with van der Waals surface area (Å²) in [5, 5.41) is 4.00. The molecule has 0 radical (unpaired) electrons. The third-order valence-electron chi connectivity index (χ3n) is 3.48. The minimum absolute atomic E-state index is 0.413. The number of benzene rings is 2. The lowest BCUT2D eigenvalue weighted by Crippen LogP contribution is -2.10. The SMILES string of the molecule is NC(=O)c1ccc(-c2nc(CSc3nc4ccccc4s3)no2)cc1. The molecule has 1 amide bonds. The molecule has 4 rings (SSSR count). The lowest BCUT2D eigenvalue weighted by atomic mass is 10.1. The summed E-state index contributed by atoms with van der Waals surface area (Å²) in [5.74, 6) is 1.11. The Morgan fingerprint density at radius 3 is 2.68 bits per heavy atom. The van der Waals surface area contributed by atoms with Crippen molar-refractivity contribution in [3.05, 3.63) is 59.9 Å². The number of thioether (sulfide) groups is 1. The fourth-order valence-corrected chi connectivity index (χ4v) is 4.16. The Bertz CT molecular complexity index is 1010. The molecule has 2 N–H and O–H groups in total. The van der Waals surface area contributed by atoms with Crippen LogP contribution in [0, 0.1) is 0 Å². The van der Waals surface area contributed by atoms with Crippen LogP contribution in [0.15, 0.2) is 57.4 Å². The lowest BCUT2D eigenvalue weighted by molar-refractivity contribution is 0.100. The van der Waals surface area contributed by atoms with Crippen molar-refractivity contribution in [3.63, 3.8) is 0 Å². The van der Waals surface area contributed by atoms with Crippen molar-refractivity contribution in [2.45, 2.75) is 10.1 Å². The first-order valence-electron chi connectivity index (χ1n) is 7.40. The van der Waals surface area contributed by atoms with Gasteiger partial charge in [-0.3, -0.25) is 4.79 Å². The molecule has 4 aromatic rings. The number of hydrogen-bond donors (Lipinski definition) is 1. The largest absolute Gasteiger partial charge is 0.366 e. The third kappa shape index (κ3) is 3.40. The number of nitrogens with zero attached hydrogens (tertiary/aromatic N) is 3. The summed E-state index contributed by atoms with van der Waals surface area (Å²) in [6, 6.07) is 14.8. The van der Waals surface area contributed by atoms with Crippen molar-refractivity contribution in [1.82, 2.24) is 15.1 Å². The predicted octanol–water partition coefficient (Wildman–Crippen LogP) is 3.74. The number of nitrogens with two attached hydrogens (primary N) is 1. The van der Waals surface area contributed by atoms with Crippen LogP contribution >= 0.6 is 23.1 Å². The fourth-order valence-electron chi connectivity index (χ4n) is 2.25. The molecule has 6 nitrogen and oxygen atoms in total. The van der Waals surface area contributed by atoms with E-state index in [-0.39, 0.29) is 0 Å². The van der Waals surface area contributed by atoms with Crippen LogP contribution in [0.3, 0.4) is 0 Å². The van der Waals surface area contributed by atoms with Crippen LogP contribution in [0.1, 0.15) is 16.2 Å². The maximum absolute atomic E-state index is 11.1. The molecule has 8 heteroatoms. The van der Waals surface area contributed by atoms with E-state index < -0.39 is 5.91 Å². The van der Waals surface area contributed by atoms with Gasteiger partial charge in [0.25, 0.3) is 5.89 Å². The lowest BCUT2D eigenvalue weighted by Gasteiger charge is -1.96. The van der Waals surface area contributed by atoms with E-state index in [1.165, 1.54) is 0 Å². The quantitative estimate of drug-likeness (QED) is 0.539. The number of para-hydroxylation sites is 1. The molecule has 0 aliphatic rings. The molecule has 25 heavy (non-hydrogen) atoms. The van der Waals surface area contributed by atoms with E-state index in [2.05, 4.69) is 21.2 Å². The van der Waals surface area contributed by atoms with Crippen LogP contribution in [0.2, 0.25) is 0 Å². The zero-order valence-corrected chi connectivity index (χ0v) is 14.5. The highest BCUT2D eigenvalue weighted by Crippen LogP contribution is 2.31. The van der Waals surface area contributed by atoms with Crippen LogP contribution in [0.5, 0.6) is 0 Å². The number of fused-ring (bicyclic) bond motifs is 1. The smallest absolute Gasteiger partial charge is 0.257 e. The summed E-state index contributed by atoms with van der Waals surface area (Å²) in [6.07, 6.45) is 0. The van der Waals surface area contributed by atoms with Crippen molar-refractivity contribution in [1.29, 1.82) is 0 Å². The van der Waals surface area contributed by atoms with Crippen molar-refractivity contribution in [3.8, 4) is 11.5 Å². The number of primary amides is 1.